The summed E-state index contributed by atoms with van der Waals surface area (Å²) in [6.45, 7) is 8.75. The van der Waals surface area contributed by atoms with Crippen molar-refractivity contribution in [3.05, 3.63) is 62.1 Å². The molecule has 112 valence electrons. The second kappa shape index (κ2) is 6.53. The van der Waals surface area contributed by atoms with Gasteiger partial charge in [-0.1, -0.05) is 28.1 Å². The molecule has 0 aromatic heterocycles. The molecule has 0 heterocycles. The highest BCUT2D eigenvalue weighted by molar-refractivity contribution is 9.10. The SMILES string of the molecule is COc1ccc(C(Br)c2c(C)c(C)cc(C)c2C)cc1Br. The predicted octanol–water partition coefficient (Wildman–Crippen LogP) is 6.18. The first kappa shape index (κ1) is 16.6. The lowest BCUT2D eigenvalue weighted by Crippen LogP contribution is -2.03. The summed E-state index contributed by atoms with van der Waals surface area (Å²) in [4.78, 5) is 0.179. The van der Waals surface area contributed by atoms with Crippen molar-refractivity contribution in [2.75, 3.05) is 7.11 Å². The largest absolute Gasteiger partial charge is 0.496 e. The molecule has 0 saturated carbocycles. The van der Waals surface area contributed by atoms with E-state index in [9.17, 15) is 0 Å². The molecule has 2 aromatic rings. The normalized spacial score (nSPS) is 12.3. The molecule has 0 aliphatic heterocycles. The Kier molecular flexibility index (Phi) is 5.15. The van der Waals surface area contributed by atoms with Crippen LogP contribution in [-0.2, 0) is 0 Å². The molecule has 0 aliphatic carbocycles. The first-order valence-electron chi connectivity index (χ1n) is 6.91. The number of aryl methyl sites for hydroxylation is 2. The van der Waals surface area contributed by atoms with Crippen LogP contribution >= 0.6 is 31.9 Å². The number of benzene rings is 2. The standard InChI is InChI=1S/C18H20Br2O/c1-10-8-11(2)13(4)17(12(10)3)18(20)14-6-7-16(21-5)15(19)9-14/h6-9,18H,1-5H3. The molecule has 1 unspecified atom stereocenters. The third-order valence-electron chi connectivity index (χ3n) is 4.15. The van der Waals surface area contributed by atoms with Crippen molar-refractivity contribution in [3.63, 3.8) is 0 Å². The van der Waals surface area contributed by atoms with Crippen molar-refractivity contribution >= 4 is 31.9 Å². The summed E-state index contributed by atoms with van der Waals surface area (Å²) in [6.07, 6.45) is 0. The first-order valence-corrected chi connectivity index (χ1v) is 8.62. The molecule has 0 saturated heterocycles. The summed E-state index contributed by atoms with van der Waals surface area (Å²) < 4.78 is 6.29. The molecular weight excluding hydrogens is 392 g/mol. The Bertz CT molecular complexity index is 651. The van der Waals surface area contributed by atoms with Gasteiger partial charge in [0.1, 0.15) is 5.75 Å². The highest BCUT2D eigenvalue weighted by Gasteiger charge is 2.18. The molecule has 0 bridgehead atoms. The fourth-order valence-electron chi connectivity index (χ4n) is 2.63. The lowest BCUT2D eigenvalue weighted by Gasteiger charge is -2.21. The van der Waals surface area contributed by atoms with Gasteiger partial charge in [-0.15, -0.1) is 0 Å². The third-order valence-corrected chi connectivity index (χ3v) is 5.75. The Morgan fingerprint density at radius 3 is 2.00 bits per heavy atom. The van der Waals surface area contributed by atoms with Crippen molar-refractivity contribution in [1.29, 1.82) is 0 Å². The smallest absolute Gasteiger partial charge is 0.133 e. The minimum absolute atomic E-state index is 0.179. The second-order valence-corrected chi connectivity index (χ2v) is 7.20. The highest BCUT2D eigenvalue weighted by atomic mass is 79.9. The average molecular weight is 412 g/mol. The van der Waals surface area contributed by atoms with Gasteiger partial charge in [0.15, 0.2) is 0 Å². The molecule has 0 N–H and O–H groups in total. The Morgan fingerprint density at radius 1 is 0.952 bits per heavy atom. The monoisotopic (exact) mass is 410 g/mol. The van der Waals surface area contributed by atoms with Crippen LogP contribution in [0.25, 0.3) is 0 Å². The number of ether oxygens (including phenoxy) is 1. The van der Waals surface area contributed by atoms with Crippen molar-refractivity contribution in [1.82, 2.24) is 0 Å². The van der Waals surface area contributed by atoms with Crippen LogP contribution in [0.15, 0.2) is 28.7 Å². The van der Waals surface area contributed by atoms with E-state index in [-0.39, 0.29) is 4.83 Å². The minimum Gasteiger partial charge on any atom is -0.496 e. The minimum atomic E-state index is 0.179. The second-order valence-electron chi connectivity index (χ2n) is 5.43. The number of methoxy groups -OCH3 is 1. The third kappa shape index (κ3) is 3.19. The molecule has 0 radical (unpaired) electrons. The lowest BCUT2D eigenvalue weighted by molar-refractivity contribution is 0.412. The molecule has 2 aromatic carbocycles. The van der Waals surface area contributed by atoms with E-state index in [1.165, 1.54) is 33.4 Å². The van der Waals surface area contributed by atoms with Gasteiger partial charge in [-0.05, 0) is 89.1 Å². The van der Waals surface area contributed by atoms with E-state index >= 15 is 0 Å². The zero-order valence-electron chi connectivity index (χ0n) is 13.1. The van der Waals surface area contributed by atoms with Crippen molar-refractivity contribution < 1.29 is 4.74 Å². The van der Waals surface area contributed by atoms with Crippen LogP contribution < -0.4 is 4.74 Å². The van der Waals surface area contributed by atoms with Gasteiger partial charge in [-0.25, -0.2) is 0 Å². The molecule has 21 heavy (non-hydrogen) atoms. The van der Waals surface area contributed by atoms with Crippen molar-refractivity contribution in [2.45, 2.75) is 32.5 Å². The van der Waals surface area contributed by atoms with Gasteiger partial charge in [0, 0.05) is 0 Å². The van der Waals surface area contributed by atoms with Crippen molar-refractivity contribution in [2.24, 2.45) is 0 Å². The van der Waals surface area contributed by atoms with E-state index in [1.807, 2.05) is 6.07 Å². The molecule has 3 heteroatoms. The Balaban J connectivity index is 2.55. The van der Waals surface area contributed by atoms with Crippen LogP contribution in [0.3, 0.4) is 0 Å². The number of alkyl halides is 1. The van der Waals surface area contributed by atoms with Crippen LogP contribution in [0.4, 0.5) is 0 Å². The van der Waals surface area contributed by atoms with Gasteiger partial charge >= 0.3 is 0 Å². The molecule has 0 amide bonds. The van der Waals surface area contributed by atoms with E-state index in [0.29, 0.717) is 0 Å². The zero-order chi connectivity index (χ0) is 15.7. The van der Waals surface area contributed by atoms with Gasteiger partial charge in [0.2, 0.25) is 0 Å². The van der Waals surface area contributed by atoms with Crippen LogP contribution in [0, 0.1) is 27.7 Å². The number of hydrogen-bond donors (Lipinski definition) is 0. The van der Waals surface area contributed by atoms with Crippen molar-refractivity contribution in [3.8, 4) is 5.75 Å². The van der Waals surface area contributed by atoms with Crippen LogP contribution in [0.1, 0.15) is 38.2 Å². The molecule has 0 aliphatic rings. The van der Waals surface area contributed by atoms with E-state index in [0.717, 1.165) is 10.2 Å². The van der Waals surface area contributed by atoms with E-state index in [4.69, 9.17) is 4.74 Å². The van der Waals surface area contributed by atoms with Gasteiger partial charge in [0.05, 0.1) is 16.4 Å². The summed E-state index contributed by atoms with van der Waals surface area (Å²) in [5.74, 6) is 0.854. The maximum absolute atomic E-state index is 5.31. The molecule has 1 atom stereocenters. The predicted molar refractivity (Wildman–Crippen MR) is 96.9 cm³/mol. The van der Waals surface area contributed by atoms with E-state index in [2.05, 4.69) is 77.8 Å². The maximum Gasteiger partial charge on any atom is 0.133 e. The number of rotatable bonds is 3. The van der Waals surface area contributed by atoms with Crippen LogP contribution in [0.2, 0.25) is 0 Å². The zero-order valence-corrected chi connectivity index (χ0v) is 16.2. The van der Waals surface area contributed by atoms with Gasteiger partial charge in [0.25, 0.3) is 0 Å². The quantitative estimate of drug-likeness (QED) is 0.548. The number of hydrogen-bond acceptors (Lipinski definition) is 1. The topological polar surface area (TPSA) is 9.23 Å². The first-order chi connectivity index (χ1) is 9.86. The van der Waals surface area contributed by atoms with Crippen LogP contribution in [0.5, 0.6) is 5.75 Å². The molecule has 0 fully saturated rings. The summed E-state index contributed by atoms with van der Waals surface area (Å²) in [5, 5.41) is 0. The van der Waals surface area contributed by atoms with Crippen LogP contribution in [-0.4, -0.2) is 7.11 Å². The Hall–Kier alpha value is -0.800. The molecular formula is C18H20Br2O. The van der Waals surface area contributed by atoms with Gasteiger partial charge < -0.3 is 4.74 Å². The average Bonchev–Trinajstić information content (AvgIpc) is 2.45. The summed E-state index contributed by atoms with van der Waals surface area (Å²) in [6, 6.07) is 8.49. The van der Waals surface area contributed by atoms with Gasteiger partial charge in [-0.3, -0.25) is 0 Å². The molecule has 0 spiro atoms. The highest BCUT2D eigenvalue weighted by Crippen LogP contribution is 2.39. The fraction of sp³-hybridized carbons (Fsp3) is 0.333. The van der Waals surface area contributed by atoms with E-state index < -0.39 is 0 Å². The lowest BCUT2D eigenvalue weighted by atomic mass is 9.90. The molecule has 2 rings (SSSR count). The maximum atomic E-state index is 5.31. The van der Waals surface area contributed by atoms with Gasteiger partial charge in [-0.2, -0.15) is 0 Å². The van der Waals surface area contributed by atoms with E-state index in [1.54, 1.807) is 7.11 Å². The summed E-state index contributed by atoms with van der Waals surface area (Å²) >= 11 is 7.45. The Morgan fingerprint density at radius 2 is 1.52 bits per heavy atom. The molecule has 1 nitrogen and oxygen atoms in total. The summed E-state index contributed by atoms with van der Waals surface area (Å²) in [7, 11) is 1.68. The number of halogens is 2. The summed E-state index contributed by atoms with van der Waals surface area (Å²) in [5.41, 5.74) is 7.97. The fourth-order valence-corrected chi connectivity index (χ4v) is 4.16. The Labute approximate surface area is 144 Å².